The molecule has 2 aromatic heterocycles. The largest absolute Gasteiger partial charge is 0.322 e. The summed E-state index contributed by atoms with van der Waals surface area (Å²) in [4.78, 5) is 17.9. The highest BCUT2D eigenvalue weighted by atomic mass is 32.2. The minimum absolute atomic E-state index is 0.0553. The standard InChI is InChI=1S/C27H29N5OS/c1-18-13-15-22(16-14-18)32-20(3)26(19(2)30-32)29-25(33)17-34-27-28-23-11-7-8-12-24(23)31(27)21-9-5-4-6-10-21/h4-6,9-10,13-16H,7-8,11-12,17H2,1-3H3,(H,29,33). The molecule has 5 rings (SSSR count). The molecule has 1 aliphatic carbocycles. The van der Waals surface area contributed by atoms with E-state index in [1.807, 2.05) is 48.9 Å². The first-order chi connectivity index (χ1) is 16.5. The van der Waals surface area contributed by atoms with Crippen LogP contribution in [0.3, 0.4) is 0 Å². The number of nitrogens with one attached hydrogen (secondary N) is 1. The molecule has 1 aliphatic rings. The number of aryl methyl sites for hydroxylation is 3. The number of anilines is 1. The van der Waals surface area contributed by atoms with Crippen LogP contribution in [0.15, 0.2) is 59.8 Å². The monoisotopic (exact) mass is 471 g/mol. The second-order valence-electron chi connectivity index (χ2n) is 8.80. The van der Waals surface area contributed by atoms with Crippen LogP contribution in [0, 0.1) is 20.8 Å². The Bertz CT molecular complexity index is 1320. The van der Waals surface area contributed by atoms with Crippen molar-refractivity contribution in [2.45, 2.75) is 51.6 Å². The lowest BCUT2D eigenvalue weighted by Crippen LogP contribution is -2.16. The zero-order valence-electron chi connectivity index (χ0n) is 19.8. The molecule has 1 amide bonds. The molecule has 7 heteroatoms. The molecule has 0 spiro atoms. The summed E-state index contributed by atoms with van der Waals surface area (Å²) in [5.74, 6) is 0.234. The second-order valence-corrected chi connectivity index (χ2v) is 9.74. The number of rotatable bonds is 6. The third kappa shape index (κ3) is 4.40. The Balaban J connectivity index is 1.34. The average Bonchev–Trinajstić information content (AvgIpc) is 3.36. The van der Waals surface area contributed by atoms with E-state index in [-0.39, 0.29) is 11.7 Å². The zero-order chi connectivity index (χ0) is 23.7. The number of benzene rings is 2. The highest BCUT2D eigenvalue weighted by Crippen LogP contribution is 2.31. The van der Waals surface area contributed by atoms with E-state index in [0.29, 0.717) is 0 Å². The fourth-order valence-corrected chi connectivity index (χ4v) is 5.37. The number of thioether (sulfide) groups is 1. The van der Waals surface area contributed by atoms with Gasteiger partial charge < -0.3 is 5.32 Å². The Morgan fingerprint density at radius 3 is 2.47 bits per heavy atom. The van der Waals surface area contributed by atoms with Crippen LogP contribution in [-0.4, -0.2) is 31.0 Å². The Hall–Kier alpha value is -3.32. The molecule has 6 nitrogen and oxygen atoms in total. The van der Waals surface area contributed by atoms with E-state index in [1.165, 1.54) is 41.6 Å². The van der Waals surface area contributed by atoms with E-state index in [4.69, 9.17) is 4.98 Å². The Labute approximate surface area is 204 Å². The van der Waals surface area contributed by atoms with Crippen molar-refractivity contribution in [1.82, 2.24) is 19.3 Å². The highest BCUT2D eigenvalue weighted by molar-refractivity contribution is 7.99. The first kappa shape index (κ1) is 22.5. The summed E-state index contributed by atoms with van der Waals surface area (Å²) in [6.07, 6.45) is 4.39. The molecule has 0 unspecified atom stereocenters. The van der Waals surface area contributed by atoms with Crippen molar-refractivity contribution < 1.29 is 4.79 Å². The number of carbonyl (C=O) groups is 1. The van der Waals surface area contributed by atoms with Crippen molar-refractivity contribution in [3.05, 3.63) is 82.9 Å². The molecule has 4 aromatic rings. The van der Waals surface area contributed by atoms with Gasteiger partial charge in [-0.15, -0.1) is 0 Å². The Morgan fingerprint density at radius 2 is 1.71 bits per heavy atom. The van der Waals surface area contributed by atoms with Crippen LogP contribution in [0.1, 0.15) is 41.2 Å². The molecule has 0 atom stereocenters. The van der Waals surface area contributed by atoms with Gasteiger partial charge in [0, 0.05) is 11.4 Å². The quantitative estimate of drug-likeness (QED) is 0.372. The van der Waals surface area contributed by atoms with Crippen LogP contribution in [-0.2, 0) is 17.6 Å². The lowest BCUT2D eigenvalue weighted by atomic mass is 10.0. The molecule has 0 fully saturated rings. The fourth-order valence-electron chi connectivity index (χ4n) is 4.52. The van der Waals surface area contributed by atoms with Crippen LogP contribution < -0.4 is 5.32 Å². The maximum Gasteiger partial charge on any atom is 0.234 e. The highest BCUT2D eigenvalue weighted by Gasteiger charge is 2.22. The summed E-state index contributed by atoms with van der Waals surface area (Å²) in [5, 5.41) is 8.64. The number of fused-ring (bicyclic) bond motifs is 1. The minimum Gasteiger partial charge on any atom is -0.322 e. The van der Waals surface area contributed by atoms with E-state index in [1.54, 1.807) is 0 Å². The minimum atomic E-state index is -0.0553. The van der Waals surface area contributed by atoms with E-state index in [0.717, 1.165) is 46.4 Å². The normalized spacial score (nSPS) is 13.0. The second kappa shape index (κ2) is 9.50. The molecule has 0 radical (unpaired) electrons. The van der Waals surface area contributed by atoms with Crippen LogP contribution in [0.25, 0.3) is 11.4 Å². The van der Waals surface area contributed by atoms with E-state index >= 15 is 0 Å². The van der Waals surface area contributed by atoms with Crippen molar-refractivity contribution in [3.63, 3.8) is 0 Å². The van der Waals surface area contributed by atoms with Gasteiger partial charge in [0.05, 0.1) is 34.2 Å². The molecule has 2 heterocycles. The van der Waals surface area contributed by atoms with Gasteiger partial charge in [0.25, 0.3) is 0 Å². The number of para-hydroxylation sites is 1. The average molecular weight is 472 g/mol. The summed E-state index contributed by atoms with van der Waals surface area (Å²) >= 11 is 1.49. The van der Waals surface area contributed by atoms with Crippen LogP contribution in [0.4, 0.5) is 5.69 Å². The first-order valence-electron chi connectivity index (χ1n) is 11.7. The molecule has 0 bridgehead atoms. The van der Waals surface area contributed by atoms with Gasteiger partial charge in [-0.2, -0.15) is 5.10 Å². The van der Waals surface area contributed by atoms with Gasteiger partial charge >= 0.3 is 0 Å². The summed E-state index contributed by atoms with van der Waals surface area (Å²) in [7, 11) is 0. The number of carbonyl (C=O) groups excluding carboxylic acids is 1. The van der Waals surface area contributed by atoms with Crippen molar-refractivity contribution in [2.75, 3.05) is 11.1 Å². The van der Waals surface area contributed by atoms with E-state index < -0.39 is 0 Å². The van der Waals surface area contributed by atoms with E-state index in [2.05, 4.69) is 46.2 Å². The van der Waals surface area contributed by atoms with Crippen molar-refractivity contribution >= 4 is 23.4 Å². The summed E-state index contributed by atoms with van der Waals surface area (Å²) in [5.41, 5.74) is 8.24. The lowest BCUT2D eigenvalue weighted by molar-refractivity contribution is -0.113. The predicted octanol–water partition coefficient (Wildman–Crippen LogP) is 5.59. The molecule has 174 valence electrons. The van der Waals surface area contributed by atoms with Gasteiger partial charge in [0.2, 0.25) is 5.91 Å². The fraction of sp³-hybridized carbons (Fsp3) is 0.296. The molecule has 34 heavy (non-hydrogen) atoms. The number of hydrogen-bond donors (Lipinski definition) is 1. The van der Waals surface area contributed by atoms with Crippen molar-refractivity contribution in [2.24, 2.45) is 0 Å². The molecule has 0 aliphatic heterocycles. The van der Waals surface area contributed by atoms with Crippen molar-refractivity contribution in [3.8, 4) is 11.4 Å². The third-order valence-electron chi connectivity index (χ3n) is 6.28. The van der Waals surface area contributed by atoms with Gasteiger partial charge in [0.1, 0.15) is 0 Å². The first-order valence-corrected chi connectivity index (χ1v) is 12.7. The topological polar surface area (TPSA) is 64.7 Å². The maximum atomic E-state index is 13.0. The van der Waals surface area contributed by atoms with Crippen molar-refractivity contribution in [1.29, 1.82) is 0 Å². The number of amides is 1. The number of hydrogen-bond acceptors (Lipinski definition) is 4. The van der Waals surface area contributed by atoms with Gasteiger partial charge in [-0.05, 0) is 70.7 Å². The smallest absolute Gasteiger partial charge is 0.234 e. The molecule has 1 N–H and O–H groups in total. The van der Waals surface area contributed by atoms with Gasteiger partial charge in [-0.3, -0.25) is 9.36 Å². The molecular weight excluding hydrogens is 442 g/mol. The number of nitrogens with zero attached hydrogens (tertiary/aromatic N) is 4. The Morgan fingerprint density at radius 1 is 0.971 bits per heavy atom. The summed E-state index contributed by atoms with van der Waals surface area (Å²) in [6, 6.07) is 18.5. The molecule has 0 saturated carbocycles. The van der Waals surface area contributed by atoms with Gasteiger partial charge in [-0.25, -0.2) is 9.67 Å². The molecular formula is C27H29N5OS. The molecule has 2 aromatic carbocycles. The molecule has 0 saturated heterocycles. The van der Waals surface area contributed by atoms with E-state index in [9.17, 15) is 4.79 Å². The summed E-state index contributed by atoms with van der Waals surface area (Å²) in [6.45, 7) is 5.98. The van der Waals surface area contributed by atoms with Crippen LogP contribution in [0.2, 0.25) is 0 Å². The maximum absolute atomic E-state index is 13.0. The lowest BCUT2D eigenvalue weighted by Gasteiger charge is -2.15. The summed E-state index contributed by atoms with van der Waals surface area (Å²) < 4.78 is 4.12. The third-order valence-corrected chi connectivity index (χ3v) is 7.22. The van der Waals surface area contributed by atoms with Crippen LogP contribution >= 0.6 is 11.8 Å². The number of aromatic nitrogens is 4. The van der Waals surface area contributed by atoms with Gasteiger partial charge in [0.15, 0.2) is 5.16 Å². The number of imidazole rings is 1. The van der Waals surface area contributed by atoms with Crippen LogP contribution in [0.5, 0.6) is 0 Å². The predicted molar refractivity (Wildman–Crippen MR) is 137 cm³/mol. The SMILES string of the molecule is Cc1ccc(-n2nc(C)c(NC(=O)CSc3nc4c(n3-c3ccccc3)CCCC4)c2C)cc1. The zero-order valence-corrected chi connectivity index (χ0v) is 20.7. The van der Waals surface area contributed by atoms with Gasteiger partial charge in [-0.1, -0.05) is 47.7 Å². The Kier molecular flexibility index (Phi) is 6.28.